The van der Waals surface area contributed by atoms with Gasteiger partial charge in [0, 0.05) is 5.70 Å². The van der Waals surface area contributed by atoms with Gasteiger partial charge in [0.25, 0.3) is 0 Å². The third-order valence-corrected chi connectivity index (χ3v) is 5.07. The largest absolute Gasteiger partial charge is 0.493 e. The molecule has 1 aliphatic heterocycles. The van der Waals surface area contributed by atoms with Gasteiger partial charge in [0.05, 0.1) is 25.3 Å². The molecule has 2 amide bonds. The molecule has 0 saturated heterocycles. The average Bonchev–Trinajstić information content (AvgIpc) is 2.76. The van der Waals surface area contributed by atoms with Gasteiger partial charge in [-0.25, -0.2) is 9.59 Å². The fourth-order valence-electron chi connectivity index (χ4n) is 3.37. The van der Waals surface area contributed by atoms with E-state index in [1.54, 1.807) is 32.2 Å². The summed E-state index contributed by atoms with van der Waals surface area (Å²) < 4.78 is 16.9. The standard InChI is InChI=1S/C25H30N2O5/c1-15(2)13-32-24(28)22-17(4)26-25(29)27-23(22)19-10-11-20(30-5)21(12-19)31-14-18-8-6-16(3)7-9-18/h6-12,15,23H,13-14H2,1-5H3,(H2,26,27,29). The second-order valence-corrected chi connectivity index (χ2v) is 8.25. The molecule has 1 unspecified atom stereocenters. The van der Waals surface area contributed by atoms with Crippen molar-refractivity contribution in [2.75, 3.05) is 13.7 Å². The third kappa shape index (κ3) is 5.60. The molecule has 1 aliphatic rings. The Morgan fingerprint density at radius 3 is 2.44 bits per heavy atom. The van der Waals surface area contributed by atoms with E-state index in [9.17, 15) is 9.59 Å². The fourth-order valence-corrected chi connectivity index (χ4v) is 3.37. The van der Waals surface area contributed by atoms with E-state index in [0.29, 0.717) is 41.5 Å². The fraction of sp³-hybridized carbons (Fsp3) is 0.360. The van der Waals surface area contributed by atoms with Crippen LogP contribution in [0, 0.1) is 12.8 Å². The van der Waals surface area contributed by atoms with Crippen molar-refractivity contribution in [2.45, 2.75) is 40.3 Å². The zero-order chi connectivity index (χ0) is 23.3. The van der Waals surface area contributed by atoms with Crippen molar-refractivity contribution in [1.29, 1.82) is 0 Å². The second-order valence-electron chi connectivity index (χ2n) is 8.25. The lowest BCUT2D eigenvalue weighted by atomic mass is 9.95. The Kier molecular flexibility index (Phi) is 7.41. The minimum atomic E-state index is -0.670. The van der Waals surface area contributed by atoms with Gasteiger partial charge >= 0.3 is 12.0 Å². The lowest BCUT2D eigenvalue weighted by molar-refractivity contribution is -0.140. The smallest absolute Gasteiger partial charge is 0.338 e. The number of allylic oxidation sites excluding steroid dienone is 1. The quantitative estimate of drug-likeness (QED) is 0.597. The Bertz CT molecular complexity index is 1010. The first kappa shape index (κ1) is 23.2. The minimum absolute atomic E-state index is 0.201. The second kappa shape index (κ2) is 10.2. The van der Waals surface area contributed by atoms with E-state index < -0.39 is 12.0 Å². The molecule has 0 aromatic heterocycles. The van der Waals surface area contributed by atoms with Crippen molar-refractivity contribution in [1.82, 2.24) is 10.6 Å². The van der Waals surface area contributed by atoms with Gasteiger partial charge in [0.15, 0.2) is 11.5 Å². The molecule has 0 radical (unpaired) electrons. The van der Waals surface area contributed by atoms with Gasteiger partial charge in [-0.2, -0.15) is 0 Å². The first-order valence-corrected chi connectivity index (χ1v) is 10.6. The van der Waals surface area contributed by atoms with Gasteiger partial charge < -0.3 is 24.8 Å². The van der Waals surface area contributed by atoms with E-state index in [0.717, 1.165) is 5.56 Å². The van der Waals surface area contributed by atoms with Crippen LogP contribution < -0.4 is 20.1 Å². The number of rotatable bonds is 8. The molecule has 2 aromatic rings. The lowest BCUT2D eigenvalue weighted by Gasteiger charge is -2.28. The van der Waals surface area contributed by atoms with Crippen LogP contribution in [0.3, 0.4) is 0 Å². The number of urea groups is 1. The molecule has 2 aromatic carbocycles. The Morgan fingerprint density at radius 1 is 1.06 bits per heavy atom. The van der Waals surface area contributed by atoms with Crippen LogP contribution in [0.15, 0.2) is 53.7 Å². The summed E-state index contributed by atoms with van der Waals surface area (Å²) in [7, 11) is 1.57. The number of hydrogen-bond donors (Lipinski definition) is 2. The molecule has 0 bridgehead atoms. The van der Waals surface area contributed by atoms with Gasteiger partial charge in [-0.15, -0.1) is 0 Å². The van der Waals surface area contributed by atoms with Crippen LogP contribution in [0.5, 0.6) is 11.5 Å². The lowest BCUT2D eigenvalue weighted by Crippen LogP contribution is -2.45. The van der Waals surface area contributed by atoms with Crippen LogP contribution in [0.4, 0.5) is 4.79 Å². The normalized spacial score (nSPS) is 15.8. The van der Waals surface area contributed by atoms with E-state index in [2.05, 4.69) is 10.6 Å². The first-order valence-electron chi connectivity index (χ1n) is 10.6. The third-order valence-electron chi connectivity index (χ3n) is 5.07. The monoisotopic (exact) mass is 438 g/mol. The van der Waals surface area contributed by atoms with E-state index >= 15 is 0 Å². The highest BCUT2D eigenvalue weighted by Crippen LogP contribution is 2.35. The molecule has 1 heterocycles. The summed E-state index contributed by atoms with van der Waals surface area (Å²) in [6.07, 6.45) is 0. The van der Waals surface area contributed by atoms with Crippen LogP contribution in [-0.2, 0) is 16.1 Å². The number of aryl methyl sites for hydroxylation is 1. The summed E-state index contributed by atoms with van der Waals surface area (Å²) in [5.74, 6) is 0.815. The zero-order valence-corrected chi connectivity index (χ0v) is 19.2. The van der Waals surface area contributed by atoms with Crippen LogP contribution in [0.1, 0.15) is 43.5 Å². The number of ether oxygens (including phenoxy) is 3. The molecule has 7 heteroatoms. The molecule has 32 heavy (non-hydrogen) atoms. The first-order chi connectivity index (χ1) is 15.3. The maximum Gasteiger partial charge on any atom is 0.338 e. The number of methoxy groups -OCH3 is 1. The summed E-state index contributed by atoms with van der Waals surface area (Å²) >= 11 is 0. The molecule has 1 atom stereocenters. The molecule has 3 rings (SSSR count). The van der Waals surface area contributed by atoms with E-state index in [-0.39, 0.29) is 11.9 Å². The molecule has 0 aliphatic carbocycles. The maximum atomic E-state index is 12.8. The number of hydrogen-bond acceptors (Lipinski definition) is 5. The SMILES string of the molecule is COc1ccc(C2NC(=O)NC(C)=C2C(=O)OCC(C)C)cc1OCc1ccc(C)cc1. The maximum absolute atomic E-state index is 12.8. The van der Waals surface area contributed by atoms with Crippen molar-refractivity contribution in [3.63, 3.8) is 0 Å². The molecular formula is C25H30N2O5. The molecular weight excluding hydrogens is 408 g/mol. The topological polar surface area (TPSA) is 85.9 Å². The van der Waals surface area contributed by atoms with Crippen molar-refractivity contribution in [3.05, 3.63) is 70.4 Å². The highest BCUT2D eigenvalue weighted by Gasteiger charge is 2.33. The number of esters is 1. The molecule has 2 N–H and O–H groups in total. The molecule has 0 spiro atoms. The van der Waals surface area contributed by atoms with Crippen molar-refractivity contribution in [3.8, 4) is 11.5 Å². The van der Waals surface area contributed by atoms with Gasteiger partial charge in [-0.1, -0.05) is 49.7 Å². The van der Waals surface area contributed by atoms with Crippen LogP contribution in [0.2, 0.25) is 0 Å². The number of benzene rings is 2. The molecule has 0 fully saturated rings. The Balaban J connectivity index is 1.89. The summed E-state index contributed by atoms with van der Waals surface area (Å²) in [4.78, 5) is 25.0. The Labute approximate surface area is 188 Å². The van der Waals surface area contributed by atoms with Gasteiger partial charge in [-0.05, 0) is 43.0 Å². The van der Waals surface area contributed by atoms with Crippen LogP contribution >= 0.6 is 0 Å². The summed E-state index contributed by atoms with van der Waals surface area (Å²) in [6, 6.07) is 12.4. The van der Waals surface area contributed by atoms with Crippen molar-refractivity contribution >= 4 is 12.0 Å². The van der Waals surface area contributed by atoms with Gasteiger partial charge in [0.1, 0.15) is 6.61 Å². The minimum Gasteiger partial charge on any atom is -0.493 e. The number of nitrogens with one attached hydrogen (secondary N) is 2. The summed E-state index contributed by atoms with van der Waals surface area (Å²) in [6.45, 7) is 8.31. The number of carbonyl (C=O) groups excluding carboxylic acids is 2. The highest BCUT2D eigenvalue weighted by atomic mass is 16.5. The summed E-state index contributed by atoms with van der Waals surface area (Å²) in [5, 5.41) is 5.48. The van der Waals surface area contributed by atoms with E-state index in [4.69, 9.17) is 14.2 Å². The predicted molar refractivity (Wildman–Crippen MR) is 121 cm³/mol. The van der Waals surface area contributed by atoms with E-state index in [1.807, 2.05) is 45.0 Å². The number of carbonyl (C=O) groups is 2. The zero-order valence-electron chi connectivity index (χ0n) is 19.2. The van der Waals surface area contributed by atoms with Crippen LogP contribution in [0.25, 0.3) is 0 Å². The predicted octanol–water partition coefficient (Wildman–Crippen LogP) is 4.41. The van der Waals surface area contributed by atoms with Gasteiger partial charge in [-0.3, -0.25) is 0 Å². The average molecular weight is 439 g/mol. The molecule has 170 valence electrons. The summed E-state index contributed by atoms with van der Waals surface area (Å²) in [5.41, 5.74) is 3.71. The Morgan fingerprint density at radius 2 is 1.78 bits per heavy atom. The number of amides is 2. The van der Waals surface area contributed by atoms with Gasteiger partial charge in [0.2, 0.25) is 0 Å². The Hall–Kier alpha value is -3.48. The van der Waals surface area contributed by atoms with Crippen molar-refractivity contribution < 1.29 is 23.8 Å². The molecule has 7 nitrogen and oxygen atoms in total. The van der Waals surface area contributed by atoms with Crippen molar-refractivity contribution in [2.24, 2.45) is 5.92 Å². The molecule has 0 saturated carbocycles. The van der Waals surface area contributed by atoms with Crippen LogP contribution in [-0.4, -0.2) is 25.7 Å². The highest BCUT2D eigenvalue weighted by molar-refractivity contribution is 5.95. The van der Waals surface area contributed by atoms with E-state index in [1.165, 1.54) is 5.56 Å².